The molecule has 0 aliphatic carbocycles. The van der Waals surface area contributed by atoms with Crippen molar-refractivity contribution in [3.8, 4) is 0 Å². The highest BCUT2D eigenvalue weighted by Gasteiger charge is 2.13. The molecule has 0 saturated carbocycles. The van der Waals surface area contributed by atoms with Gasteiger partial charge in [-0.25, -0.2) is 4.39 Å². The van der Waals surface area contributed by atoms with E-state index in [1.807, 2.05) is 12.1 Å². The molecule has 98 valence electrons. The van der Waals surface area contributed by atoms with Gasteiger partial charge in [0.05, 0.1) is 4.70 Å². The average molecular weight is 265 g/mol. The molecule has 1 heterocycles. The molecule has 0 aliphatic rings. The van der Waals surface area contributed by atoms with Crippen LogP contribution in [0.5, 0.6) is 0 Å². The molecule has 3 heteroatoms. The Balaban J connectivity index is 2.37. The second kappa shape index (κ2) is 6.30. The van der Waals surface area contributed by atoms with E-state index < -0.39 is 0 Å². The summed E-state index contributed by atoms with van der Waals surface area (Å²) in [6.45, 7) is 6.21. The fourth-order valence-electron chi connectivity index (χ4n) is 2.23. The smallest absolute Gasteiger partial charge is 0.141 e. The number of rotatable bonds is 6. The highest BCUT2D eigenvalue weighted by molar-refractivity contribution is 7.19. The molecule has 1 aromatic carbocycles. The molecule has 0 saturated heterocycles. The Morgan fingerprint density at radius 3 is 2.78 bits per heavy atom. The second-order valence-electron chi connectivity index (χ2n) is 4.55. The molecule has 0 atom stereocenters. The molecule has 0 spiro atoms. The van der Waals surface area contributed by atoms with Crippen molar-refractivity contribution in [2.45, 2.75) is 39.7 Å². The molecule has 18 heavy (non-hydrogen) atoms. The number of hydrogen-bond acceptors (Lipinski definition) is 2. The number of nitrogens with one attached hydrogen (secondary N) is 1. The fourth-order valence-corrected chi connectivity index (χ4v) is 3.45. The van der Waals surface area contributed by atoms with Crippen molar-refractivity contribution in [1.82, 2.24) is 5.32 Å². The zero-order valence-electron chi connectivity index (χ0n) is 11.1. The van der Waals surface area contributed by atoms with Gasteiger partial charge in [0, 0.05) is 11.4 Å². The summed E-state index contributed by atoms with van der Waals surface area (Å²) in [5, 5.41) is 4.53. The Hall–Kier alpha value is -0.930. The Morgan fingerprint density at radius 2 is 2.06 bits per heavy atom. The Bertz CT molecular complexity index is 518. The van der Waals surface area contributed by atoms with Crippen LogP contribution in [0.15, 0.2) is 18.2 Å². The predicted octanol–water partition coefficient (Wildman–Crippen LogP) is 4.49. The highest BCUT2D eigenvalue weighted by Crippen LogP contribution is 2.33. The topological polar surface area (TPSA) is 12.0 Å². The molecule has 2 aromatic rings. The maximum Gasteiger partial charge on any atom is 0.141 e. The van der Waals surface area contributed by atoms with Crippen LogP contribution in [-0.4, -0.2) is 6.54 Å². The molecule has 0 unspecified atom stereocenters. The fraction of sp³-hybridized carbons (Fsp3) is 0.467. The summed E-state index contributed by atoms with van der Waals surface area (Å²) in [5.41, 5.74) is 1.33. The van der Waals surface area contributed by atoms with Gasteiger partial charge in [-0.15, -0.1) is 11.3 Å². The first-order valence-corrected chi connectivity index (χ1v) is 7.49. The van der Waals surface area contributed by atoms with Crippen molar-refractivity contribution < 1.29 is 4.39 Å². The van der Waals surface area contributed by atoms with Gasteiger partial charge < -0.3 is 5.32 Å². The lowest BCUT2D eigenvalue weighted by Crippen LogP contribution is -2.13. The SMILES string of the molecule is CCCNCc1sc2c(F)cccc2c1CCC. The van der Waals surface area contributed by atoms with Crippen molar-refractivity contribution in [2.24, 2.45) is 0 Å². The van der Waals surface area contributed by atoms with Gasteiger partial charge in [-0.2, -0.15) is 0 Å². The monoisotopic (exact) mass is 265 g/mol. The lowest BCUT2D eigenvalue weighted by Gasteiger charge is -2.04. The third-order valence-corrected chi connectivity index (χ3v) is 4.32. The minimum absolute atomic E-state index is 0.0865. The Morgan fingerprint density at radius 1 is 1.22 bits per heavy atom. The van der Waals surface area contributed by atoms with Crippen LogP contribution in [0.2, 0.25) is 0 Å². The minimum Gasteiger partial charge on any atom is -0.312 e. The van der Waals surface area contributed by atoms with Gasteiger partial charge in [-0.05, 0) is 36.4 Å². The van der Waals surface area contributed by atoms with E-state index in [2.05, 4.69) is 19.2 Å². The lowest BCUT2D eigenvalue weighted by molar-refractivity contribution is 0.641. The predicted molar refractivity (Wildman–Crippen MR) is 77.8 cm³/mol. The first-order valence-electron chi connectivity index (χ1n) is 6.67. The van der Waals surface area contributed by atoms with Crippen LogP contribution in [0.25, 0.3) is 10.1 Å². The summed E-state index contributed by atoms with van der Waals surface area (Å²) >= 11 is 1.60. The molecule has 1 nitrogen and oxygen atoms in total. The summed E-state index contributed by atoms with van der Waals surface area (Å²) in [7, 11) is 0. The third-order valence-electron chi connectivity index (χ3n) is 3.07. The summed E-state index contributed by atoms with van der Waals surface area (Å²) in [4.78, 5) is 1.30. The molecular formula is C15H20FNS. The molecule has 0 radical (unpaired) electrons. The zero-order chi connectivity index (χ0) is 13.0. The molecule has 1 aromatic heterocycles. The molecular weight excluding hydrogens is 245 g/mol. The lowest BCUT2D eigenvalue weighted by atomic mass is 10.1. The van der Waals surface area contributed by atoms with Crippen molar-refractivity contribution >= 4 is 21.4 Å². The average Bonchev–Trinajstić information content (AvgIpc) is 2.71. The Kier molecular flexibility index (Phi) is 4.72. The van der Waals surface area contributed by atoms with Crippen molar-refractivity contribution in [1.29, 1.82) is 0 Å². The summed E-state index contributed by atoms with van der Waals surface area (Å²) in [6.07, 6.45) is 3.26. The highest BCUT2D eigenvalue weighted by atomic mass is 32.1. The van der Waals surface area contributed by atoms with E-state index in [-0.39, 0.29) is 5.82 Å². The molecule has 1 N–H and O–H groups in total. The zero-order valence-corrected chi connectivity index (χ0v) is 11.9. The van der Waals surface area contributed by atoms with Crippen LogP contribution in [0.1, 0.15) is 37.1 Å². The molecule has 2 rings (SSSR count). The van der Waals surface area contributed by atoms with Gasteiger partial charge in [-0.3, -0.25) is 0 Å². The largest absolute Gasteiger partial charge is 0.312 e. The van der Waals surface area contributed by atoms with Gasteiger partial charge in [-0.1, -0.05) is 32.4 Å². The minimum atomic E-state index is -0.0865. The second-order valence-corrected chi connectivity index (χ2v) is 5.65. The van der Waals surface area contributed by atoms with Crippen LogP contribution >= 0.6 is 11.3 Å². The number of hydrogen-bond donors (Lipinski definition) is 1. The number of benzene rings is 1. The third kappa shape index (κ3) is 2.73. The van der Waals surface area contributed by atoms with Crippen LogP contribution in [0.3, 0.4) is 0 Å². The van der Waals surface area contributed by atoms with Gasteiger partial charge in [0.1, 0.15) is 5.82 Å². The van der Waals surface area contributed by atoms with Crippen LogP contribution < -0.4 is 5.32 Å². The molecule has 0 amide bonds. The van der Waals surface area contributed by atoms with Crippen molar-refractivity contribution in [3.63, 3.8) is 0 Å². The Labute approximate surface area is 112 Å². The van der Waals surface area contributed by atoms with Gasteiger partial charge in [0.25, 0.3) is 0 Å². The van der Waals surface area contributed by atoms with Gasteiger partial charge >= 0.3 is 0 Å². The molecule has 0 aliphatic heterocycles. The van der Waals surface area contributed by atoms with E-state index in [4.69, 9.17) is 0 Å². The molecule has 0 bridgehead atoms. The maximum atomic E-state index is 13.8. The number of thiophene rings is 1. The van der Waals surface area contributed by atoms with Crippen LogP contribution in [-0.2, 0) is 13.0 Å². The van der Waals surface area contributed by atoms with Gasteiger partial charge in [0.15, 0.2) is 0 Å². The van der Waals surface area contributed by atoms with Crippen molar-refractivity contribution in [3.05, 3.63) is 34.5 Å². The first-order chi connectivity index (χ1) is 8.77. The summed E-state index contributed by atoms with van der Waals surface area (Å²) in [5.74, 6) is -0.0865. The van der Waals surface area contributed by atoms with Crippen molar-refractivity contribution in [2.75, 3.05) is 6.54 Å². The van der Waals surface area contributed by atoms with E-state index in [1.54, 1.807) is 17.4 Å². The summed E-state index contributed by atoms with van der Waals surface area (Å²) in [6, 6.07) is 5.41. The standard InChI is InChI=1S/C15H20FNS/c1-3-6-11-12-7-5-8-13(16)15(12)18-14(11)10-17-9-4-2/h5,7-8,17H,3-4,6,9-10H2,1-2H3. The number of halogens is 1. The van der Waals surface area contributed by atoms with E-state index in [0.29, 0.717) is 0 Å². The number of fused-ring (bicyclic) bond motifs is 1. The maximum absolute atomic E-state index is 13.8. The number of aryl methyl sites for hydroxylation is 1. The first kappa shape index (κ1) is 13.5. The van der Waals surface area contributed by atoms with Crippen LogP contribution in [0.4, 0.5) is 4.39 Å². The summed E-state index contributed by atoms with van der Waals surface area (Å²) < 4.78 is 14.6. The van der Waals surface area contributed by atoms with E-state index in [9.17, 15) is 4.39 Å². The van der Waals surface area contributed by atoms with E-state index in [0.717, 1.165) is 42.4 Å². The van der Waals surface area contributed by atoms with E-state index >= 15 is 0 Å². The quantitative estimate of drug-likeness (QED) is 0.759. The van der Waals surface area contributed by atoms with E-state index in [1.165, 1.54) is 10.4 Å². The van der Waals surface area contributed by atoms with Crippen LogP contribution in [0, 0.1) is 5.82 Å². The normalized spacial score (nSPS) is 11.3. The van der Waals surface area contributed by atoms with Gasteiger partial charge in [0.2, 0.25) is 0 Å². The molecule has 0 fully saturated rings.